The van der Waals surface area contributed by atoms with Crippen molar-refractivity contribution in [1.29, 1.82) is 0 Å². The maximum Gasteiger partial charge on any atom is 0.0786 e. The topological polar surface area (TPSA) is 15.3 Å². The Morgan fingerprint density at radius 1 is 1.05 bits per heavy atom. The van der Waals surface area contributed by atoms with E-state index in [9.17, 15) is 0 Å². The lowest BCUT2D eigenvalue weighted by atomic mass is 10.1. The summed E-state index contributed by atoms with van der Waals surface area (Å²) in [6.07, 6.45) is 0. The van der Waals surface area contributed by atoms with Gasteiger partial charge < -0.3 is 10.2 Å². The number of anilines is 2. The maximum atomic E-state index is 6.27. The minimum absolute atomic E-state index is 0.764. The number of hydrogen-bond donors (Lipinski definition) is 1. The van der Waals surface area contributed by atoms with E-state index in [1.807, 2.05) is 31.1 Å². The third-order valence-corrected chi connectivity index (χ3v) is 3.50. The molecule has 2 nitrogen and oxygen atoms in total. The Labute approximate surface area is 126 Å². The molecule has 0 saturated heterocycles. The van der Waals surface area contributed by atoms with Crippen LogP contribution >= 0.6 is 11.6 Å². The quantitative estimate of drug-likeness (QED) is 0.882. The molecule has 2 rings (SSSR count). The minimum atomic E-state index is 0.764. The molecule has 0 aliphatic carbocycles. The molecule has 2 aromatic carbocycles. The van der Waals surface area contributed by atoms with Gasteiger partial charge in [-0.2, -0.15) is 0 Å². The van der Waals surface area contributed by atoms with Gasteiger partial charge in [-0.05, 0) is 31.5 Å². The van der Waals surface area contributed by atoms with Crippen LogP contribution in [0.15, 0.2) is 36.4 Å². The highest BCUT2D eigenvalue weighted by atomic mass is 35.5. The number of aryl methyl sites for hydroxylation is 2. The van der Waals surface area contributed by atoms with Crippen LogP contribution in [0.5, 0.6) is 0 Å². The summed E-state index contributed by atoms with van der Waals surface area (Å²) in [4.78, 5) is 2.03. The first-order valence-corrected chi connectivity index (χ1v) is 7.12. The lowest BCUT2D eigenvalue weighted by Gasteiger charge is -2.20. The second-order valence-electron chi connectivity index (χ2n) is 5.38. The predicted octanol–water partition coefficient (Wildman–Crippen LogP) is 4.63. The van der Waals surface area contributed by atoms with E-state index < -0.39 is 0 Å². The number of nitrogens with one attached hydrogen (secondary N) is 1. The Balaban J connectivity index is 2.21. The van der Waals surface area contributed by atoms with Gasteiger partial charge in [0.25, 0.3) is 0 Å². The van der Waals surface area contributed by atoms with E-state index >= 15 is 0 Å². The molecule has 0 saturated carbocycles. The molecule has 0 fully saturated rings. The Morgan fingerprint density at radius 2 is 1.70 bits per heavy atom. The van der Waals surface area contributed by atoms with E-state index in [2.05, 4.69) is 43.4 Å². The Bertz CT molecular complexity index is 586. The summed E-state index contributed by atoms with van der Waals surface area (Å²) in [5.74, 6) is 0. The number of rotatable bonds is 4. The largest absolute Gasteiger partial charge is 0.379 e. The van der Waals surface area contributed by atoms with Crippen molar-refractivity contribution in [2.45, 2.75) is 20.4 Å². The Kier molecular flexibility index (Phi) is 4.56. The normalized spacial score (nSPS) is 10.4. The fourth-order valence-corrected chi connectivity index (χ4v) is 2.82. The van der Waals surface area contributed by atoms with Gasteiger partial charge >= 0.3 is 0 Å². The predicted molar refractivity (Wildman–Crippen MR) is 89.0 cm³/mol. The number of nitrogens with zero attached hydrogens (tertiary/aromatic N) is 1. The van der Waals surface area contributed by atoms with Crippen molar-refractivity contribution in [1.82, 2.24) is 0 Å². The molecule has 0 atom stereocenters. The van der Waals surface area contributed by atoms with E-state index in [0.717, 1.165) is 22.9 Å². The lowest BCUT2D eigenvalue weighted by Crippen LogP contribution is -2.12. The lowest BCUT2D eigenvalue weighted by molar-refractivity contribution is 1.09. The fourth-order valence-electron chi connectivity index (χ4n) is 2.48. The van der Waals surface area contributed by atoms with E-state index in [1.165, 1.54) is 16.7 Å². The molecule has 2 aromatic rings. The van der Waals surface area contributed by atoms with Crippen LogP contribution in [-0.4, -0.2) is 14.1 Å². The van der Waals surface area contributed by atoms with Gasteiger partial charge in [0.1, 0.15) is 0 Å². The van der Waals surface area contributed by atoms with Crippen molar-refractivity contribution in [2.24, 2.45) is 0 Å². The van der Waals surface area contributed by atoms with E-state index in [0.29, 0.717) is 0 Å². The van der Waals surface area contributed by atoms with Gasteiger partial charge in [-0.15, -0.1) is 0 Å². The van der Waals surface area contributed by atoms with Crippen LogP contribution in [-0.2, 0) is 6.54 Å². The summed E-state index contributed by atoms with van der Waals surface area (Å²) in [6, 6.07) is 12.6. The highest BCUT2D eigenvalue weighted by molar-refractivity contribution is 6.34. The molecule has 0 aliphatic rings. The second kappa shape index (κ2) is 6.19. The Hall–Kier alpha value is -1.67. The first kappa shape index (κ1) is 14.7. The summed E-state index contributed by atoms with van der Waals surface area (Å²) in [5, 5.41) is 4.24. The van der Waals surface area contributed by atoms with Crippen LogP contribution in [0.4, 0.5) is 11.4 Å². The van der Waals surface area contributed by atoms with Gasteiger partial charge in [0, 0.05) is 20.6 Å². The van der Waals surface area contributed by atoms with Crippen molar-refractivity contribution < 1.29 is 0 Å². The zero-order chi connectivity index (χ0) is 14.7. The first-order valence-electron chi connectivity index (χ1n) is 6.74. The van der Waals surface area contributed by atoms with Gasteiger partial charge in [-0.1, -0.05) is 47.0 Å². The molecule has 0 aromatic heterocycles. The molecule has 0 bridgehead atoms. The summed E-state index contributed by atoms with van der Waals surface area (Å²) >= 11 is 6.27. The molecule has 0 radical (unpaired) electrons. The molecular weight excluding hydrogens is 268 g/mol. The summed E-state index contributed by atoms with van der Waals surface area (Å²) in [5.41, 5.74) is 5.95. The van der Waals surface area contributed by atoms with Gasteiger partial charge in [0.2, 0.25) is 0 Å². The first-order chi connectivity index (χ1) is 9.47. The van der Waals surface area contributed by atoms with Gasteiger partial charge in [0.05, 0.1) is 16.4 Å². The van der Waals surface area contributed by atoms with E-state index in [-0.39, 0.29) is 0 Å². The zero-order valence-corrected chi connectivity index (χ0v) is 13.3. The average Bonchev–Trinajstić information content (AvgIpc) is 2.34. The van der Waals surface area contributed by atoms with Crippen molar-refractivity contribution in [3.05, 3.63) is 58.1 Å². The van der Waals surface area contributed by atoms with Crippen LogP contribution in [0.1, 0.15) is 16.7 Å². The number of hydrogen-bond acceptors (Lipinski definition) is 2. The second-order valence-corrected chi connectivity index (χ2v) is 5.79. The summed E-state index contributed by atoms with van der Waals surface area (Å²) in [6.45, 7) is 5.05. The van der Waals surface area contributed by atoms with E-state index in [1.54, 1.807) is 0 Å². The fraction of sp³-hybridized carbons (Fsp3) is 0.294. The van der Waals surface area contributed by atoms with Crippen molar-refractivity contribution in [2.75, 3.05) is 24.3 Å². The molecule has 106 valence electrons. The number of para-hydroxylation sites is 1. The smallest absolute Gasteiger partial charge is 0.0786 e. The molecule has 0 amide bonds. The molecule has 0 heterocycles. The monoisotopic (exact) mass is 288 g/mol. The van der Waals surface area contributed by atoms with Crippen molar-refractivity contribution in [3.63, 3.8) is 0 Å². The molecule has 0 unspecified atom stereocenters. The van der Waals surface area contributed by atoms with Crippen molar-refractivity contribution >= 4 is 23.0 Å². The number of benzene rings is 2. The third-order valence-electron chi connectivity index (χ3n) is 3.20. The summed E-state index contributed by atoms with van der Waals surface area (Å²) in [7, 11) is 4.01. The van der Waals surface area contributed by atoms with Crippen LogP contribution in [0.2, 0.25) is 5.02 Å². The molecule has 0 spiro atoms. The molecule has 20 heavy (non-hydrogen) atoms. The van der Waals surface area contributed by atoms with Crippen LogP contribution < -0.4 is 10.2 Å². The van der Waals surface area contributed by atoms with Crippen molar-refractivity contribution in [3.8, 4) is 0 Å². The molecule has 3 heteroatoms. The molecule has 1 N–H and O–H groups in total. The highest BCUT2D eigenvalue weighted by Gasteiger charge is 2.08. The van der Waals surface area contributed by atoms with Gasteiger partial charge in [-0.3, -0.25) is 0 Å². The SMILES string of the molecule is Cc1cc(C)cc(CNc2cccc(Cl)c2N(C)C)c1. The minimum Gasteiger partial charge on any atom is -0.379 e. The number of halogens is 1. The molecule has 0 aliphatic heterocycles. The van der Waals surface area contributed by atoms with E-state index in [4.69, 9.17) is 11.6 Å². The maximum absolute atomic E-state index is 6.27. The molecular formula is C17H21ClN2. The van der Waals surface area contributed by atoms with Crippen LogP contribution in [0, 0.1) is 13.8 Å². The van der Waals surface area contributed by atoms with Crippen LogP contribution in [0.3, 0.4) is 0 Å². The van der Waals surface area contributed by atoms with Crippen LogP contribution in [0.25, 0.3) is 0 Å². The standard InChI is InChI=1S/C17H21ClN2/c1-12-8-13(2)10-14(9-12)11-19-16-7-5-6-15(18)17(16)20(3)4/h5-10,19H,11H2,1-4H3. The third kappa shape index (κ3) is 3.45. The average molecular weight is 289 g/mol. The van der Waals surface area contributed by atoms with Gasteiger partial charge in [0.15, 0.2) is 0 Å². The Morgan fingerprint density at radius 3 is 2.30 bits per heavy atom. The summed E-state index contributed by atoms with van der Waals surface area (Å²) < 4.78 is 0. The zero-order valence-electron chi connectivity index (χ0n) is 12.5. The highest BCUT2D eigenvalue weighted by Crippen LogP contribution is 2.32. The van der Waals surface area contributed by atoms with Gasteiger partial charge in [-0.25, -0.2) is 0 Å².